The molecule has 0 bridgehead atoms. The molecule has 3 aromatic rings. The Morgan fingerprint density at radius 3 is 2.12 bits per heavy atom. The molecule has 3 aromatic carbocycles. The maximum atomic E-state index is 12.7. The molecule has 0 heterocycles. The van der Waals surface area contributed by atoms with Crippen molar-refractivity contribution in [1.29, 1.82) is 0 Å². The van der Waals surface area contributed by atoms with Gasteiger partial charge in [-0.2, -0.15) is 0 Å². The van der Waals surface area contributed by atoms with Crippen molar-refractivity contribution in [2.45, 2.75) is 16.3 Å². The molecule has 5 nitrogen and oxygen atoms in total. The van der Waals surface area contributed by atoms with Crippen molar-refractivity contribution in [3.63, 3.8) is 0 Å². The fourth-order valence-corrected chi connectivity index (χ4v) is 4.83. The summed E-state index contributed by atoms with van der Waals surface area (Å²) in [6, 6.07) is 16.2. The monoisotopic (exact) mass is 409 g/mol. The Kier molecular flexibility index (Phi) is 5.07. The van der Waals surface area contributed by atoms with Gasteiger partial charge in [-0.25, -0.2) is 21.6 Å². The maximum absolute atomic E-state index is 12.7. The van der Waals surface area contributed by atoms with Crippen LogP contribution in [-0.4, -0.2) is 23.1 Å². The maximum Gasteiger partial charge on any atom is 0.241 e. The van der Waals surface area contributed by atoms with Crippen LogP contribution in [-0.2, 0) is 26.4 Å². The van der Waals surface area contributed by atoms with Gasteiger partial charge in [0, 0.05) is 23.2 Å². The van der Waals surface area contributed by atoms with E-state index in [0.29, 0.717) is 16.0 Å². The minimum atomic E-state index is -3.80. The fraction of sp³-hybridized carbons (Fsp3) is 0.111. The summed E-state index contributed by atoms with van der Waals surface area (Å²) in [4.78, 5) is 0.290. The van der Waals surface area contributed by atoms with E-state index in [1.54, 1.807) is 42.5 Å². The van der Waals surface area contributed by atoms with Crippen LogP contribution in [0.3, 0.4) is 0 Å². The van der Waals surface area contributed by atoms with Crippen molar-refractivity contribution < 1.29 is 16.8 Å². The van der Waals surface area contributed by atoms with Gasteiger partial charge in [-0.05, 0) is 35.2 Å². The van der Waals surface area contributed by atoms with Crippen LogP contribution >= 0.6 is 11.6 Å². The molecule has 0 aliphatic rings. The van der Waals surface area contributed by atoms with E-state index in [1.807, 2.05) is 0 Å². The fourth-order valence-electron chi connectivity index (χ4n) is 2.60. The third kappa shape index (κ3) is 3.91. The average Bonchev–Trinajstić information content (AvgIpc) is 2.59. The molecule has 0 saturated carbocycles. The van der Waals surface area contributed by atoms with Crippen LogP contribution in [0, 0.1) is 0 Å². The second-order valence-electron chi connectivity index (χ2n) is 5.83. The highest BCUT2D eigenvalue weighted by atomic mass is 35.5. The Balaban J connectivity index is 1.89. The largest absolute Gasteiger partial charge is 0.241 e. The summed E-state index contributed by atoms with van der Waals surface area (Å²) in [5.74, 6) is 0. The van der Waals surface area contributed by atoms with Crippen molar-refractivity contribution in [2.24, 2.45) is 0 Å². The van der Waals surface area contributed by atoms with E-state index in [-0.39, 0.29) is 16.3 Å². The molecule has 136 valence electrons. The predicted octanol–water partition coefficient (Wildman–Crippen LogP) is 3.38. The normalized spacial score (nSPS) is 12.4. The Morgan fingerprint density at radius 2 is 1.50 bits per heavy atom. The second-order valence-corrected chi connectivity index (χ2v) is 9.99. The molecule has 0 atom stereocenters. The zero-order valence-electron chi connectivity index (χ0n) is 13.8. The lowest BCUT2D eigenvalue weighted by atomic mass is 10.1. The van der Waals surface area contributed by atoms with Crippen molar-refractivity contribution in [3.8, 4) is 0 Å². The lowest BCUT2D eigenvalue weighted by Gasteiger charge is -2.11. The van der Waals surface area contributed by atoms with Crippen LogP contribution < -0.4 is 4.72 Å². The first-order chi connectivity index (χ1) is 12.2. The molecule has 0 amide bonds. The molecule has 0 aromatic heterocycles. The number of fused-ring (bicyclic) bond motifs is 1. The Labute approximate surface area is 157 Å². The van der Waals surface area contributed by atoms with Gasteiger partial charge in [0.25, 0.3) is 0 Å². The molecule has 0 spiro atoms. The third-order valence-electron chi connectivity index (χ3n) is 3.92. The van der Waals surface area contributed by atoms with E-state index < -0.39 is 19.9 Å². The predicted molar refractivity (Wildman–Crippen MR) is 103 cm³/mol. The van der Waals surface area contributed by atoms with E-state index in [9.17, 15) is 16.8 Å². The lowest BCUT2D eigenvalue weighted by molar-refractivity contribution is 0.582. The molecule has 0 fully saturated rings. The first kappa shape index (κ1) is 18.8. The first-order valence-corrected chi connectivity index (χ1v) is 11.4. The van der Waals surface area contributed by atoms with E-state index in [2.05, 4.69) is 4.72 Å². The molecule has 26 heavy (non-hydrogen) atoms. The van der Waals surface area contributed by atoms with Crippen molar-refractivity contribution in [2.75, 3.05) is 6.26 Å². The molecule has 0 aliphatic carbocycles. The quantitative estimate of drug-likeness (QED) is 0.700. The number of nitrogens with one attached hydrogen (secondary N) is 1. The van der Waals surface area contributed by atoms with Gasteiger partial charge in [0.05, 0.1) is 9.79 Å². The van der Waals surface area contributed by atoms with Crippen LogP contribution in [0.5, 0.6) is 0 Å². The molecule has 0 saturated heterocycles. The van der Waals surface area contributed by atoms with Gasteiger partial charge in [0.2, 0.25) is 10.0 Å². The summed E-state index contributed by atoms with van der Waals surface area (Å²) < 4.78 is 51.0. The molecule has 0 radical (unpaired) electrons. The summed E-state index contributed by atoms with van der Waals surface area (Å²) in [7, 11) is -7.09. The molecule has 1 N–H and O–H groups in total. The van der Waals surface area contributed by atoms with Gasteiger partial charge in [0.15, 0.2) is 9.84 Å². The zero-order chi connectivity index (χ0) is 18.9. The van der Waals surface area contributed by atoms with E-state index in [0.717, 1.165) is 11.6 Å². The SMILES string of the molecule is CS(=O)(=O)c1ccc(CNS(=O)(=O)c2cccc3cccc(Cl)c23)cc1. The van der Waals surface area contributed by atoms with Gasteiger partial charge >= 0.3 is 0 Å². The molecule has 8 heteroatoms. The Morgan fingerprint density at radius 1 is 0.885 bits per heavy atom. The first-order valence-electron chi connectivity index (χ1n) is 7.64. The minimum Gasteiger partial charge on any atom is -0.224 e. The van der Waals surface area contributed by atoms with E-state index in [4.69, 9.17) is 11.6 Å². The smallest absolute Gasteiger partial charge is 0.224 e. The highest BCUT2D eigenvalue weighted by Gasteiger charge is 2.18. The second kappa shape index (κ2) is 7.00. The molecule has 0 unspecified atom stereocenters. The van der Waals surface area contributed by atoms with Crippen LogP contribution in [0.1, 0.15) is 5.56 Å². The van der Waals surface area contributed by atoms with Crippen molar-refractivity contribution in [3.05, 3.63) is 71.2 Å². The van der Waals surface area contributed by atoms with E-state index in [1.165, 1.54) is 18.2 Å². The third-order valence-corrected chi connectivity index (χ3v) is 6.81. The lowest BCUT2D eigenvalue weighted by Crippen LogP contribution is -2.23. The van der Waals surface area contributed by atoms with Gasteiger partial charge in [0.1, 0.15) is 0 Å². The van der Waals surface area contributed by atoms with E-state index >= 15 is 0 Å². The standard InChI is InChI=1S/C18H16ClNO4S2/c1-25(21,22)15-10-8-13(9-11-15)12-20-26(23,24)17-7-3-5-14-4-2-6-16(19)18(14)17/h2-11,20H,12H2,1H3. The van der Waals surface area contributed by atoms with Crippen LogP contribution in [0.25, 0.3) is 10.8 Å². The summed E-state index contributed by atoms with van der Waals surface area (Å²) in [5, 5.41) is 1.57. The molecule has 3 rings (SSSR count). The van der Waals surface area contributed by atoms with Crippen molar-refractivity contribution in [1.82, 2.24) is 4.72 Å². The van der Waals surface area contributed by atoms with Gasteiger partial charge < -0.3 is 0 Å². The van der Waals surface area contributed by atoms with Gasteiger partial charge in [-0.1, -0.05) is 48.0 Å². The number of hydrogen-bond acceptors (Lipinski definition) is 4. The highest BCUT2D eigenvalue weighted by Crippen LogP contribution is 2.29. The number of rotatable bonds is 5. The highest BCUT2D eigenvalue weighted by molar-refractivity contribution is 7.90. The van der Waals surface area contributed by atoms with Gasteiger partial charge in [-0.15, -0.1) is 0 Å². The Hall–Kier alpha value is -1.93. The average molecular weight is 410 g/mol. The molecular weight excluding hydrogens is 394 g/mol. The number of sulfone groups is 1. The minimum absolute atomic E-state index is 0.0349. The summed E-state index contributed by atoms with van der Waals surface area (Å²) >= 11 is 6.20. The number of halogens is 1. The number of benzene rings is 3. The van der Waals surface area contributed by atoms with Crippen molar-refractivity contribution >= 4 is 42.2 Å². The topological polar surface area (TPSA) is 80.3 Å². The number of hydrogen-bond donors (Lipinski definition) is 1. The molecule has 0 aliphatic heterocycles. The summed E-state index contributed by atoms with van der Waals surface area (Å²) in [6.07, 6.45) is 1.12. The van der Waals surface area contributed by atoms with Crippen LogP contribution in [0.2, 0.25) is 5.02 Å². The summed E-state index contributed by atoms with van der Waals surface area (Å²) in [5.41, 5.74) is 0.646. The molecular formula is C18H16ClNO4S2. The van der Waals surface area contributed by atoms with Crippen LogP contribution in [0.4, 0.5) is 0 Å². The van der Waals surface area contributed by atoms with Crippen LogP contribution in [0.15, 0.2) is 70.5 Å². The summed E-state index contributed by atoms with van der Waals surface area (Å²) in [6.45, 7) is 0.0349. The number of sulfonamides is 1. The van der Waals surface area contributed by atoms with Gasteiger partial charge in [-0.3, -0.25) is 0 Å². The Bertz CT molecular complexity index is 1170. The zero-order valence-corrected chi connectivity index (χ0v) is 16.2.